The number of benzene rings is 2. The van der Waals surface area contributed by atoms with Crippen LogP contribution >= 0.6 is 0 Å². The van der Waals surface area contributed by atoms with Crippen molar-refractivity contribution in [3.05, 3.63) is 95.4 Å². The van der Waals surface area contributed by atoms with Crippen molar-refractivity contribution in [2.45, 2.75) is 31.5 Å². The van der Waals surface area contributed by atoms with Gasteiger partial charge in [0.25, 0.3) is 0 Å². The molecule has 0 aliphatic carbocycles. The molecule has 0 saturated heterocycles. The molecule has 5 rings (SSSR count). The Bertz CT molecular complexity index is 1110. The SMILES string of the molecule is OC(N[C@@H]1CCc2ccccc2-n2cnnc21)c1cc(Cc2ccccc2)on1. The molecule has 1 aliphatic heterocycles. The molecule has 0 bridgehead atoms. The number of nitrogens with one attached hydrogen (secondary N) is 1. The van der Waals surface area contributed by atoms with E-state index in [1.807, 2.05) is 47.0 Å². The van der Waals surface area contributed by atoms with E-state index in [9.17, 15) is 5.11 Å². The zero-order valence-electron chi connectivity index (χ0n) is 15.8. The van der Waals surface area contributed by atoms with E-state index in [0.29, 0.717) is 17.9 Å². The lowest BCUT2D eigenvalue weighted by Gasteiger charge is -2.19. The molecule has 1 aliphatic rings. The van der Waals surface area contributed by atoms with Gasteiger partial charge in [0.2, 0.25) is 0 Å². The third-order valence-corrected chi connectivity index (χ3v) is 5.28. The quantitative estimate of drug-likeness (QED) is 0.512. The van der Waals surface area contributed by atoms with Crippen LogP contribution in [0.2, 0.25) is 0 Å². The first-order valence-corrected chi connectivity index (χ1v) is 9.69. The van der Waals surface area contributed by atoms with Crippen molar-refractivity contribution in [1.29, 1.82) is 0 Å². The van der Waals surface area contributed by atoms with Gasteiger partial charge in [-0.05, 0) is 30.0 Å². The van der Waals surface area contributed by atoms with Crippen molar-refractivity contribution in [2.75, 3.05) is 0 Å². The summed E-state index contributed by atoms with van der Waals surface area (Å²) in [6.07, 6.45) is 3.06. The topological polar surface area (TPSA) is 89.0 Å². The molecular formula is C22H21N5O2. The summed E-state index contributed by atoms with van der Waals surface area (Å²) in [7, 11) is 0. The summed E-state index contributed by atoms with van der Waals surface area (Å²) in [5.74, 6) is 1.49. The van der Waals surface area contributed by atoms with Crippen molar-refractivity contribution in [2.24, 2.45) is 0 Å². The van der Waals surface area contributed by atoms with Gasteiger partial charge in [0.1, 0.15) is 17.8 Å². The standard InChI is InChI=1S/C22H21N5O2/c28-22(19-13-17(29-26-19)12-15-6-2-1-3-7-15)24-18-11-10-16-8-4-5-9-20(16)27-14-23-25-21(18)27/h1-9,13-14,18,22,24,28H,10-12H2/t18-,22?/m1/s1. The molecule has 2 aromatic heterocycles. The second-order valence-corrected chi connectivity index (χ2v) is 7.23. The van der Waals surface area contributed by atoms with Crippen LogP contribution in [0.5, 0.6) is 0 Å². The van der Waals surface area contributed by atoms with E-state index in [-0.39, 0.29) is 6.04 Å². The number of para-hydroxylation sites is 1. The van der Waals surface area contributed by atoms with Gasteiger partial charge in [-0.1, -0.05) is 53.7 Å². The number of fused-ring (bicyclic) bond motifs is 3. The van der Waals surface area contributed by atoms with Crippen LogP contribution in [-0.4, -0.2) is 25.0 Å². The second-order valence-electron chi connectivity index (χ2n) is 7.23. The van der Waals surface area contributed by atoms with E-state index in [0.717, 1.165) is 29.9 Å². The maximum Gasteiger partial charge on any atom is 0.154 e. The Morgan fingerprint density at radius 1 is 1.14 bits per heavy atom. The van der Waals surface area contributed by atoms with Crippen molar-refractivity contribution in [3.8, 4) is 5.69 Å². The van der Waals surface area contributed by atoms with Crippen molar-refractivity contribution < 1.29 is 9.63 Å². The fourth-order valence-corrected chi connectivity index (χ4v) is 3.83. The minimum absolute atomic E-state index is 0.158. The Kier molecular flexibility index (Phi) is 4.67. The van der Waals surface area contributed by atoms with Crippen LogP contribution in [-0.2, 0) is 12.8 Å². The summed E-state index contributed by atoms with van der Waals surface area (Å²) < 4.78 is 7.41. The third-order valence-electron chi connectivity index (χ3n) is 5.28. The highest BCUT2D eigenvalue weighted by Crippen LogP contribution is 2.29. The summed E-state index contributed by atoms with van der Waals surface area (Å²) in [5.41, 5.74) is 3.91. The van der Waals surface area contributed by atoms with Crippen LogP contribution in [0.4, 0.5) is 0 Å². The van der Waals surface area contributed by atoms with Crippen LogP contribution < -0.4 is 5.32 Å². The lowest BCUT2D eigenvalue weighted by molar-refractivity contribution is 0.111. The zero-order chi connectivity index (χ0) is 19.6. The first kappa shape index (κ1) is 17.8. The van der Waals surface area contributed by atoms with Crippen LogP contribution in [0.25, 0.3) is 5.69 Å². The number of hydrogen-bond acceptors (Lipinski definition) is 6. The molecule has 146 valence electrons. The molecule has 0 radical (unpaired) electrons. The summed E-state index contributed by atoms with van der Waals surface area (Å²) in [5, 5.41) is 26.4. The summed E-state index contributed by atoms with van der Waals surface area (Å²) in [6, 6.07) is 19.9. The predicted molar refractivity (Wildman–Crippen MR) is 106 cm³/mol. The first-order chi connectivity index (χ1) is 14.3. The molecule has 4 aromatic rings. The van der Waals surface area contributed by atoms with Crippen molar-refractivity contribution in [1.82, 2.24) is 25.2 Å². The molecule has 3 heterocycles. The normalized spacial score (nSPS) is 16.7. The van der Waals surface area contributed by atoms with Gasteiger partial charge < -0.3 is 9.63 Å². The molecular weight excluding hydrogens is 366 g/mol. The Morgan fingerprint density at radius 3 is 2.86 bits per heavy atom. The average molecular weight is 387 g/mol. The maximum atomic E-state index is 10.7. The Labute approximate surface area is 168 Å². The van der Waals surface area contributed by atoms with Crippen molar-refractivity contribution in [3.63, 3.8) is 0 Å². The van der Waals surface area contributed by atoms with E-state index in [4.69, 9.17) is 4.52 Å². The van der Waals surface area contributed by atoms with Gasteiger partial charge >= 0.3 is 0 Å². The largest absolute Gasteiger partial charge is 0.372 e. The highest BCUT2D eigenvalue weighted by atomic mass is 16.5. The van der Waals surface area contributed by atoms with Gasteiger partial charge in [0.15, 0.2) is 12.1 Å². The highest BCUT2D eigenvalue weighted by molar-refractivity contribution is 5.43. The zero-order valence-corrected chi connectivity index (χ0v) is 15.8. The van der Waals surface area contributed by atoms with Crippen LogP contribution in [0.3, 0.4) is 0 Å². The number of aliphatic hydroxyl groups is 1. The van der Waals surface area contributed by atoms with E-state index < -0.39 is 6.23 Å². The molecule has 7 heteroatoms. The molecule has 29 heavy (non-hydrogen) atoms. The Balaban J connectivity index is 1.33. The number of aromatic nitrogens is 4. The molecule has 2 aromatic carbocycles. The minimum Gasteiger partial charge on any atom is -0.372 e. The smallest absolute Gasteiger partial charge is 0.154 e. The van der Waals surface area contributed by atoms with Crippen molar-refractivity contribution >= 4 is 0 Å². The number of rotatable bonds is 5. The number of nitrogens with zero attached hydrogens (tertiary/aromatic N) is 4. The lowest BCUT2D eigenvalue weighted by Crippen LogP contribution is -2.28. The molecule has 1 unspecified atom stereocenters. The average Bonchev–Trinajstić information content (AvgIpc) is 3.39. The van der Waals surface area contributed by atoms with E-state index in [1.54, 1.807) is 12.4 Å². The summed E-state index contributed by atoms with van der Waals surface area (Å²) >= 11 is 0. The van der Waals surface area contributed by atoms with Gasteiger partial charge in [-0.25, -0.2) is 0 Å². The van der Waals surface area contributed by atoms with E-state index >= 15 is 0 Å². The Hall–Kier alpha value is -3.29. The molecule has 2 N–H and O–H groups in total. The molecule has 0 spiro atoms. The minimum atomic E-state index is -0.959. The van der Waals surface area contributed by atoms with Crippen LogP contribution in [0.1, 0.15) is 47.1 Å². The number of aryl methyl sites for hydroxylation is 1. The molecule has 0 amide bonds. The van der Waals surface area contributed by atoms with E-state index in [1.165, 1.54) is 5.56 Å². The van der Waals surface area contributed by atoms with Gasteiger partial charge in [-0.2, -0.15) is 0 Å². The van der Waals surface area contributed by atoms with Gasteiger partial charge in [0.05, 0.1) is 11.7 Å². The fourth-order valence-electron chi connectivity index (χ4n) is 3.83. The van der Waals surface area contributed by atoms with Gasteiger partial charge in [-0.15, -0.1) is 10.2 Å². The predicted octanol–water partition coefficient (Wildman–Crippen LogP) is 3.11. The maximum absolute atomic E-state index is 10.7. The molecule has 0 fully saturated rings. The first-order valence-electron chi connectivity index (χ1n) is 9.69. The van der Waals surface area contributed by atoms with E-state index in [2.05, 4.69) is 32.8 Å². The third kappa shape index (κ3) is 3.57. The van der Waals surface area contributed by atoms with Crippen LogP contribution in [0, 0.1) is 0 Å². The lowest BCUT2D eigenvalue weighted by atomic mass is 10.1. The number of aliphatic hydroxyl groups excluding tert-OH is 1. The van der Waals surface area contributed by atoms with Gasteiger partial charge in [0, 0.05) is 12.5 Å². The monoisotopic (exact) mass is 387 g/mol. The second kappa shape index (κ2) is 7.62. The fraction of sp³-hybridized carbons (Fsp3) is 0.227. The summed E-state index contributed by atoms with van der Waals surface area (Å²) in [4.78, 5) is 0. The van der Waals surface area contributed by atoms with Gasteiger partial charge in [-0.3, -0.25) is 9.88 Å². The Morgan fingerprint density at radius 2 is 1.97 bits per heavy atom. The molecule has 2 atom stereocenters. The number of hydrogen-bond donors (Lipinski definition) is 2. The molecule has 0 saturated carbocycles. The van der Waals surface area contributed by atoms with Crippen LogP contribution in [0.15, 0.2) is 71.5 Å². The summed E-state index contributed by atoms with van der Waals surface area (Å²) in [6.45, 7) is 0. The molecule has 7 nitrogen and oxygen atoms in total. The highest BCUT2D eigenvalue weighted by Gasteiger charge is 2.27.